The second-order valence-corrected chi connectivity index (χ2v) is 18.8. The zero-order valence-corrected chi connectivity index (χ0v) is 35.8. The molecule has 0 radical (unpaired) electrons. The first-order valence-corrected chi connectivity index (χ1v) is 21.6. The number of fused-ring (bicyclic) bond motifs is 4. The lowest BCUT2D eigenvalue weighted by Gasteiger charge is -2.43. The van der Waals surface area contributed by atoms with Gasteiger partial charge in [0.2, 0.25) is 0 Å². The van der Waals surface area contributed by atoms with E-state index >= 15 is 0 Å². The van der Waals surface area contributed by atoms with E-state index in [0.717, 1.165) is 11.4 Å². The Morgan fingerprint density at radius 2 is 0.800 bits per heavy atom. The number of hydrogen-bond acceptors (Lipinski definition) is 1. The molecule has 1 heteroatoms. The van der Waals surface area contributed by atoms with Crippen molar-refractivity contribution in [2.24, 2.45) is 0 Å². The largest absolute Gasteiger partial charge is 0.310 e. The first kappa shape index (κ1) is 37.8. The summed E-state index contributed by atoms with van der Waals surface area (Å²) < 4.78 is 0. The summed E-state index contributed by atoms with van der Waals surface area (Å²) >= 11 is 0. The van der Waals surface area contributed by atoms with Crippen LogP contribution in [0.2, 0.25) is 0 Å². The minimum atomic E-state index is -0.145. The summed E-state index contributed by atoms with van der Waals surface area (Å²) in [5.41, 5.74) is 21.9. The average Bonchev–Trinajstić information content (AvgIpc) is 3.51. The van der Waals surface area contributed by atoms with Crippen LogP contribution < -0.4 is 4.90 Å². The first-order chi connectivity index (χ1) is 29.0. The number of hydrogen-bond donors (Lipinski definition) is 0. The Morgan fingerprint density at radius 1 is 0.333 bits per heavy atom. The Kier molecular flexibility index (Phi) is 9.06. The van der Waals surface area contributed by atoms with Crippen molar-refractivity contribution in [2.75, 3.05) is 4.90 Å². The predicted molar refractivity (Wildman–Crippen MR) is 256 cm³/mol. The normalized spacial score (nSPS) is 15.4. The fraction of sp³-hybridized carbons (Fsp3) is 0.186. The summed E-state index contributed by atoms with van der Waals surface area (Å²) in [6.07, 6.45) is 2.40. The van der Waals surface area contributed by atoms with E-state index in [2.05, 4.69) is 234 Å². The van der Waals surface area contributed by atoms with Gasteiger partial charge in [-0.05, 0) is 132 Å². The Morgan fingerprint density at radius 3 is 1.45 bits per heavy atom. The minimum Gasteiger partial charge on any atom is -0.310 e. The van der Waals surface area contributed by atoms with Crippen LogP contribution in [0, 0.1) is 0 Å². The monoisotopic (exact) mass is 775 g/mol. The maximum absolute atomic E-state index is 2.49. The molecule has 0 N–H and O–H groups in total. The molecule has 0 spiro atoms. The van der Waals surface area contributed by atoms with E-state index in [9.17, 15) is 0 Å². The van der Waals surface area contributed by atoms with E-state index < -0.39 is 0 Å². The Balaban J connectivity index is 1.11. The van der Waals surface area contributed by atoms with Crippen LogP contribution in [0.25, 0.3) is 55.6 Å². The van der Waals surface area contributed by atoms with E-state index in [-0.39, 0.29) is 16.2 Å². The first-order valence-electron chi connectivity index (χ1n) is 21.6. The highest BCUT2D eigenvalue weighted by Gasteiger charge is 2.39. The van der Waals surface area contributed by atoms with Crippen LogP contribution >= 0.6 is 0 Å². The van der Waals surface area contributed by atoms with Crippen LogP contribution in [0.4, 0.5) is 17.1 Å². The fourth-order valence-corrected chi connectivity index (χ4v) is 10.2. The fourth-order valence-electron chi connectivity index (χ4n) is 10.2. The van der Waals surface area contributed by atoms with Gasteiger partial charge in [0.05, 0.1) is 5.69 Å². The van der Waals surface area contributed by atoms with Crippen LogP contribution in [-0.4, -0.2) is 0 Å². The molecule has 2 aliphatic carbocycles. The van der Waals surface area contributed by atoms with E-state index in [1.807, 2.05) is 0 Å². The SMILES string of the molecule is CC1(C)CCC(C)(C)c2c(-c3ccc(-c4cc5c(cc4N(c4ccccc4)c4ccc(-c6ccc(-c7ccccc7)cc6)cc4)C(C)(C)c4ccccc4-5)cc3)cccc21. The maximum Gasteiger partial charge on any atom is 0.0543 e. The van der Waals surface area contributed by atoms with Gasteiger partial charge < -0.3 is 4.90 Å². The molecule has 1 nitrogen and oxygen atoms in total. The van der Waals surface area contributed by atoms with Crippen LogP contribution in [0.1, 0.15) is 76.6 Å². The number of benzene rings is 8. The van der Waals surface area contributed by atoms with Crippen molar-refractivity contribution in [2.45, 2.75) is 70.6 Å². The van der Waals surface area contributed by atoms with Gasteiger partial charge in [0.15, 0.2) is 0 Å². The number of rotatable bonds is 7. The molecule has 294 valence electrons. The molecule has 0 amide bonds. The Hall–Kier alpha value is -6.44. The molecular weight excluding hydrogens is 723 g/mol. The lowest BCUT2D eigenvalue weighted by atomic mass is 9.61. The van der Waals surface area contributed by atoms with Gasteiger partial charge in [0.1, 0.15) is 0 Å². The predicted octanol–water partition coefficient (Wildman–Crippen LogP) is 16.5. The third-order valence-corrected chi connectivity index (χ3v) is 13.8. The topological polar surface area (TPSA) is 3.24 Å². The molecule has 2 aliphatic rings. The maximum atomic E-state index is 2.49. The molecule has 0 saturated carbocycles. The third kappa shape index (κ3) is 6.40. The second-order valence-electron chi connectivity index (χ2n) is 18.8. The summed E-state index contributed by atoms with van der Waals surface area (Å²) in [7, 11) is 0. The van der Waals surface area contributed by atoms with Gasteiger partial charge in [-0.2, -0.15) is 0 Å². The summed E-state index contributed by atoms with van der Waals surface area (Å²) in [6.45, 7) is 14.5. The van der Waals surface area contributed by atoms with Crippen molar-refractivity contribution < 1.29 is 0 Å². The van der Waals surface area contributed by atoms with Crippen LogP contribution in [0.3, 0.4) is 0 Å². The van der Waals surface area contributed by atoms with E-state index in [1.165, 1.54) is 96.4 Å². The van der Waals surface area contributed by atoms with E-state index in [1.54, 1.807) is 0 Å². The lowest BCUT2D eigenvalue weighted by molar-refractivity contribution is 0.333. The second kappa shape index (κ2) is 14.4. The molecule has 8 aromatic rings. The number of para-hydroxylation sites is 1. The van der Waals surface area contributed by atoms with Gasteiger partial charge in [-0.25, -0.2) is 0 Å². The van der Waals surface area contributed by atoms with Crippen molar-refractivity contribution in [3.63, 3.8) is 0 Å². The summed E-state index contributed by atoms with van der Waals surface area (Å²) in [4.78, 5) is 2.46. The van der Waals surface area contributed by atoms with Crippen molar-refractivity contribution in [1.82, 2.24) is 0 Å². The van der Waals surface area contributed by atoms with Gasteiger partial charge >= 0.3 is 0 Å². The van der Waals surface area contributed by atoms with Gasteiger partial charge in [0.25, 0.3) is 0 Å². The molecule has 0 aliphatic heterocycles. The third-order valence-electron chi connectivity index (χ3n) is 13.8. The highest BCUT2D eigenvalue weighted by atomic mass is 15.1. The van der Waals surface area contributed by atoms with Crippen molar-refractivity contribution in [1.29, 1.82) is 0 Å². The van der Waals surface area contributed by atoms with E-state index in [4.69, 9.17) is 0 Å². The van der Waals surface area contributed by atoms with Crippen molar-refractivity contribution in [3.05, 3.63) is 210 Å². The molecule has 0 fully saturated rings. The molecule has 0 bridgehead atoms. The Bertz CT molecular complexity index is 2840. The molecule has 8 aromatic carbocycles. The standard InChI is InChI=1S/C59H53N/c1-57(2)36-37-58(3,4)56-48(21-15-23-53(56)57)44-28-30-45(31-29-44)50-38-51-49-20-13-14-22-52(49)59(5,6)54(51)39-55(50)60(46-18-11-8-12-19-46)47-34-32-43(33-35-47)42-26-24-41(25-27-42)40-16-9-7-10-17-40/h7-35,38-39H,36-37H2,1-6H3. The smallest absolute Gasteiger partial charge is 0.0543 e. The van der Waals surface area contributed by atoms with Crippen LogP contribution in [0.15, 0.2) is 188 Å². The highest BCUT2D eigenvalue weighted by Crippen LogP contribution is 2.54. The number of anilines is 3. The molecule has 0 saturated heterocycles. The summed E-state index contributed by atoms with van der Waals surface area (Å²) in [5.74, 6) is 0. The zero-order valence-electron chi connectivity index (χ0n) is 35.8. The van der Waals surface area contributed by atoms with Crippen LogP contribution in [-0.2, 0) is 16.2 Å². The van der Waals surface area contributed by atoms with Crippen LogP contribution in [0.5, 0.6) is 0 Å². The molecule has 60 heavy (non-hydrogen) atoms. The average molecular weight is 776 g/mol. The molecule has 0 unspecified atom stereocenters. The highest BCUT2D eigenvalue weighted by molar-refractivity contribution is 5.95. The molecule has 10 rings (SSSR count). The molecule has 0 aromatic heterocycles. The summed E-state index contributed by atoms with van der Waals surface area (Å²) in [6, 6.07) is 69.9. The molecule has 0 heterocycles. The minimum absolute atomic E-state index is 0.116. The number of nitrogens with zero attached hydrogens (tertiary/aromatic N) is 1. The van der Waals surface area contributed by atoms with Crippen molar-refractivity contribution >= 4 is 17.1 Å². The van der Waals surface area contributed by atoms with Gasteiger partial charge in [-0.3, -0.25) is 0 Å². The molecular formula is C59H53N. The zero-order chi connectivity index (χ0) is 41.2. The van der Waals surface area contributed by atoms with Gasteiger partial charge in [-0.15, -0.1) is 0 Å². The lowest BCUT2D eigenvalue weighted by Crippen LogP contribution is -2.34. The van der Waals surface area contributed by atoms with Crippen molar-refractivity contribution in [3.8, 4) is 55.6 Å². The van der Waals surface area contributed by atoms with Gasteiger partial charge in [-0.1, -0.05) is 193 Å². The van der Waals surface area contributed by atoms with Gasteiger partial charge in [0, 0.05) is 22.4 Å². The summed E-state index contributed by atoms with van der Waals surface area (Å²) in [5, 5.41) is 0. The molecule has 0 atom stereocenters. The quantitative estimate of drug-likeness (QED) is 0.156. The van der Waals surface area contributed by atoms with E-state index in [0.29, 0.717) is 0 Å². The Labute approximate surface area is 357 Å².